The van der Waals surface area contributed by atoms with Crippen molar-refractivity contribution in [3.05, 3.63) is 89.7 Å². The third-order valence-electron chi connectivity index (χ3n) is 5.50. The van der Waals surface area contributed by atoms with Crippen LogP contribution < -0.4 is 4.74 Å². The first kappa shape index (κ1) is 21.5. The minimum Gasteiger partial charge on any atom is -0.487 e. The summed E-state index contributed by atoms with van der Waals surface area (Å²) in [5, 5.41) is 11.2. The van der Waals surface area contributed by atoms with Gasteiger partial charge in [-0.25, -0.2) is 8.42 Å². The Morgan fingerprint density at radius 3 is 2.48 bits per heavy atom. The number of rotatable bonds is 6. The van der Waals surface area contributed by atoms with E-state index in [1.165, 1.54) is 4.31 Å². The zero-order valence-electron chi connectivity index (χ0n) is 17.5. The van der Waals surface area contributed by atoms with Crippen LogP contribution in [0.25, 0.3) is 0 Å². The van der Waals surface area contributed by atoms with Crippen LogP contribution in [0.1, 0.15) is 36.8 Å². The van der Waals surface area contributed by atoms with Gasteiger partial charge in [0, 0.05) is 17.8 Å². The Morgan fingerprint density at radius 2 is 1.74 bits per heavy atom. The lowest BCUT2D eigenvalue weighted by Gasteiger charge is -2.41. The van der Waals surface area contributed by atoms with Crippen LogP contribution in [0, 0.1) is 0 Å². The molecule has 0 saturated heterocycles. The van der Waals surface area contributed by atoms with Crippen molar-refractivity contribution in [3.63, 3.8) is 0 Å². The van der Waals surface area contributed by atoms with Crippen molar-refractivity contribution in [3.8, 4) is 5.75 Å². The summed E-state index contributed by atoms with van der Waals surface area (Å²) in [4.78, 5) is 4.45. The average molecular weight is 439 g/mol. The minimum absolute atomic E-state index is 0.173. The summed E-state index contributed by atoms with van der Waals surface area (Å²) in [6.45, 7) is 3.96. The van der Waals surface area contributed by atoms with E-state index < -0.39 is 22.2 Å². The van der Waals surface area contributed by atoms with Crippen LogP contribution in [0.2, 0.25) is 0 Å². The molecule has 4 rings (SSSR count). The third kappa shape index (κ3) is 4.21. The van der Waals surface area contributed by atoms with Crippen LogP contribution in [0.15, 0.2) is 77.8 Å². The molecule has 0 spiro atoms. The second-order valence-electron chi connectivity index (χ2n) is 7.90. The second kappa shape index (κ2) is 8.78. The molecular formula is C24H26N2O4S. The molecule has 31 heavy (non-hydrogen) atoms. The highest BCUT2D eigenvalue weighted by Gasteiger charge is 2.45. The molecule has 1 aliphatic heterocycles. The zero-order valence-corrected chi connectivity index (χ0v) is 18.4. The van der Waals surface area contributed by atoms with Gasteiger partial charge in [-0.05, 0) is 50.1 Å². The lowest BCUT2D eigenvalue weighted by molar-refractivity contribution is 0.0680. The number of hydrogen-bond acceptors (Lipinski definition) is 5. The van der Waals surface area contributed by atoms with Crippen LogP contribution >= 0.6 is 0 Å². The minimum atomic E-state index is -3.73. The number of pyridine rings is 1. The van der Waals surface area contributed by atoms with Gasteiger partial charge in [-0.1, -0.05) is 42.5 Å². The largest absolute Gasteiger partial charge is 0.487 e. The van der Waals surface area contributed by atoms with Crippen molar-refractivity contribution in [2.75, 3.05) is 0 Å². The maximum Gasteiger partial charge on any atom is 0.244 e. The Morgan fingerprint density at radius 1 is 1.03 bits per heavy atom. The van der Waals surface area contributed by atoms with Crippen LogP contribution in [0.5, 0.6) is 5.75 Å². The first-order valence-electron chi connectivity index (χ1n) is 10.3. The van der Waals surface area contributed by atoms with Gasteiger partial charge >= 0.3 is 0 Å². The standard InChI is InChI=1S/C24H26N2O4S/c1-17(2)26-21(24(27)20-11-4-6-13-23(20)31(26,28)29)15-18-9-3-5-12-22(18)30-16-19-10-7-8-14-25-19/h3-14,17,21,24,27H,15-16H2,1-2H3/t21-,24+/m1/s1. The molecule has 2 heterocycles. The van der Waals surface area contributed by atoms with Gasteiger partial charge in [0.1, 0.15) is 12.4 Å². The molecular weight excluding hydrogens is 412 g/mol. The third-order valence-corrected chi connectivity index (χ3v) is 7.67. The highest BCUT2D eigenvalue weighted by molar-refractivity contribution is 7.89. The molecule has 0 aliphatic carbocycles. The summed E-state index contributed by atoms with van der Waals surface area (Å²) in [5.41, 5.74) is 2.08. The molecule has 3 aromatic rings. The zero-order chi connectivity index (χ0) is 22.0. The summed E-state index contributed by atoms with van der Waals surface area (Å²) in [6.07, 6.45) is 1.10. The number of sulfonamides is 1. The van der Waals surface area contributed by atoms with Crippen molar-refractivity contribution in [1.29, 1.82) is 0 Å². The summed E-state index contributed by atoms with van der Waals surface area (Å²) < 4.78 is 34.2. The topological polar surface area (TPSA) is 79.7 Å². The van der Waals surface area contributed by atoms with Crippen LogP contribution in [0.4, 0.5) is 0 Å². The number of aliphatic hydroxyl groups excluding tert-OH is 1. The van der Waals surface area contributed by atoms with E-state index >= 15 is 0 Å². The molecule has 2 aromatic carbocycles. The molecule has 0 saturated carbocycles. The molecule has 6 nitrogen and oxygen atoms in total. The first-order valence-corrected chi connectivity index (χ1v) is 11.7. The molecule has 1 N–H and O–H groups in total. The fourth-order valence-corrected chi connectivity index (χ4v) is 6.20. The Kier molecular flexibility index (Phi) is 6.09. The van der Waals surface area contributed by atoms with E-state index in [1.807, 2.05) is 56.3 Å². The monoisotopic (exact) mass is 438 g/mol. The summed E-state index contributed by atoms with van der Waals surface area (Å²) in [7, 11) is -3.73. The molecule has 2 atom stereocenters. The van der Waals surface area contributed by atoms with Crippen molar-refractivity contribution in [2.24, 2.45) is 0 Å². The normalized spacial score (nSPS) is 20.4. The van der Waals surface area contributed by atoms with Gasteiger partial charge in [-0.15, -0.1) is 0 Å². The predicted octanol–water partition coefficient (Wildman–Crippen LogP) is 3.72. The maximum atomic E-state index is 13.4. The number of nitrogens with zero attached hydrogens (tertiary/aromatic N) is 2. The molecule has 162 valence electrons. The molecule has 0 fully saturated rings. The summed E-state index contributed by atoms with van der Waals surface area (Å²) in [5.74, 6) is 0.653. The number of benzene rings is 2. The Hall–Kier alpha value is -2.74. The van der Waals surface area contributed by atoms with Gasteiger partial charge in [-0.3, -0.25) is 4.98 Å². The molecule has 1 aromatic heterocycles. The average Bonchev–Trinajstić information content (AvgIpc) is 2.77. The van der Waals surface area contributed by atoms with E-state index in [1.54, 1.807) is 30.5 Å². The number of hydrogen-bond donors (Lipinski definition) is 1. The fourth-order valence-electron chi connectivity index (χ4n) is 4.13. The van der Waals surface area contributed by atoms with E-state index in [4.69, 9.17) is 4.74 Å². The maximum absolute atomic E-state index is 13.4. The quantitative estimate of drug-likeness (QED) is 0.635. The molecule has 7 heteroatoms. The first-order chi connectivity index (χ1) is 14.9. The van der Waals surface area contributed by atoms with Gasteiger partial charge < -0.3 is 9.84 Å². The van der Waals surface area contributed by atoms with Crippen LogP contribution in [-0.4, -0.2) is 34.9 Å². The molecule has 0 unspecified atom stereocenters. The lowest BCUT2D eigenvalue weighted by atomic mass is 9.94. The van der Waals surface area contributed by atoms with Gasteiger partial charge in [0.25, 0.3) is 0 Å². The van der Waals surface area contributed by atoms with E-state index in [0.717, 1.165) is 11.3 Å². The van der Waals surface area contributed by atoms with Gasteiger partial charge in [0.15, 0.2) is 0 Å². The van der Waals surface area contributed by atoms with Crippen molar-refractivity contribution in [1.82, 2.24) is 9.29 Å². The SMILES string of the molecule is CC(C)N1[C@H](Cc2ccccc2OCc2ccccn2)[C@@H](O)c2ccccc2S1(=O)=O. The Balaban J connectivity index is 1.67. The van der Waals surface area contributed by atoms with Crippen LogP contribution in [-0.2, 0) is 23.1 Å². The van der Waals surface area contributed by atoms with Crippen LogP contribution in [0.3, 0.4) is 0 Å². The van der Waals surface area contributed by atoms with Crippen molar-refractivity contribution < 1.29 is 18.3 Å². The summed E-state index contributed by atoms with van der Waals surface area (Å²) >= 11 is 0. The fraction of sp³-hybridized carbons (Fsp3) is 0.292. The highest BCUT2D eigenvalue weighted by Crippen LogP contribution is 2.40. The van der Waals surface area contributed by atoms with E-state index in [2.05, 4.69) is 4.98 Å². The van der Waals surface area contributed by atoms with E-state index in [-0.39, 0.29) is 10.9 Å². The van der Waals surface area contributed by atoms with E-state index in [0.29, 0.717) is 24.3 Å². The number of fused-ring (bicyclic) bond motifs is 1. The van der Waals surface area contributed by atoms with Gasteiger partial charge in [-0.2, -0.15) is 4.31 Å². The molecule has 1 aliphatic rings. The van der Waals surface area contributed by atoms with Gasteiger partial charge in [0.05, 0.1) is 22.7 Å². The lowest BCUT2D eigenvalue weighted by Crippen LogP contribution is -2.52. The van der Waals surface area contributed by atoms with Crippen molar-refractivity contribution in [2.45, 2.75) is 50.0 Å². The highest BCUT2D eigenvalue weighted by atomic mass is 32.2. The number of para-hydroxylation sites is 1. The smallest absolute Gasteiger partial charge is 0.244 e. The second-order valence-corrected chi connectivity index (χ2v) is 9.71. The van der Waals surface area contributed by atoms with Crippen molar-refractivity contribution >= 4 is 10.0 Å². The molecule has 0 radical (unpaired) electrons. The van der Waals surface area contributed by atoms with Gasteiger partial charge in [0.2, 0.25) is 10.0 Å². The number of aromatic nitrogens is 1. The van der Waals surface area contributed by atoms with E-state index in [9.17, 15) is 13.5 Å². The predicted molar refractivity (Wildman–Crippen MR) is 118 cm³/mol. The molecule has 0 amide bonds. The number of ether oxygens (including phenoxy) is 1. The Bertz CT molecular complexity index is 1150. The number of aliphatic hydroxyl groups is 1. The Labute approximate surface area is 183 Å². The molecule has 0 bridgehead atoms. The summed E-state index contributed by atoms with van der Waals surface area (Å²) in [6, 6.07) is 18.9.